The van der Waals surface area contributed by atoms with Gasteiger partial charge in [-0.1, -0.05) is 22.9 Å². The third-order valence-corrected chi connectivity index (χ3v) is 3.17. The summed E-state index contributed by atoms with van der Waals surface area (Å²) in [6, 6.07) is 2.07. The highest BCUT2D eigenvalue weighted by Crippen LogP contribution is 2.19. The number of alkyl halides is 1. The Morgan fingerprint density at radius 3 is 3.00 bits per heavy atom. The number of fused-ring (bicyclic) bond motifs is 1. The van der Waals surface area contributed by atoms with Crippen LogP contribution in [0, 0.1) is 6.92 Å². The number of anilines is 1. The van der Waals surface area contributed by atoms with Crippen molar-refractivity contribution in [2.75, 3.05) is 18.5 Å². The zero-order valence-electron chi connectivity index (χ0n) is 10.4. The Morgan fingerprint density at radius 1 is 1.53 bits per heavy atom. The third-order valence-electron chi connectivity index (χ3n) is 2.72. The lowest BCUT2D eigenvalue weighted by Crippen LogP contribution is -2.22. The lowest BCUT2D eigenvalue weighted by atomic mass is 10.3. The van der Waals surface area contributed by atoms with E-state index >= 15 is 0 Å². The van der Waals surface area contributed by atoms with Crippen LogP contribution in [0.5, 0.6) is 0 Å². The van der Waals surface area contributed by atoms with Gasteiger partial charge >= 0.3 is 0 Å². The van der Waals surface area contributed by atoms with Gasteiger partial charge in [0, 0.05) is 30.8 Å². The van der Waals surface area contributed by atoms with Crippen LogP contribution in [-0.4, -0.2) is 33.0 Å². The summed E-state index contributed by atoms with van der Waals surface area (Å²) < 4.78 is 1.88. The summed E-state index contributed by atoms with van der Waals surface area (Å²) in [5.41, 5.74) is 2.08. The highest BCUT2D eigenvalue weighted by Gasteiger charge is 2.10. The minimum Gasteiger partial charge on any atom is -0.358 e. The molecule has 0 fully saturated rings. The van der Waals surface area contributed by atoms with Crippen LogP contribution in [0.25, 0.3) is 5.52 Å². The SMILES string of the molecule is Cc1cc2c(N(C)CCC(C)Br)nccn2n1. The molecule has 2 rings (SSSR count). The Morgan fingerprint density at radius 2 is 2.29 bits per heavy atom. The molecule has 0 spiro atoms. The Bertz CT molecular complexity index is 506. The lowest BCUT2D eigenvalue weighted by Gasteiger charge is -2.19. The molecular weight excluding hydrogens is 280 g/mol. The van der Waals surface area contributed by atoms with Gasteiger partial charge in [-0.25, -0.2) is 9.50 Å². The second-order valence-corrected chi connectivity index (χ2v) is 5.92. The molecule has 4 nitrogen and oxygen atoms in total. The van der Waals surface area contributed by atoms with Crippen molar-refractivity contribution in [3.8, 4) is 0 Å². The molecule has 0 aromatic carbocycles. The van der Waals surface area contributed by atoms with Crippen LogP contribution in [0.2, 0.25) is 0 Å². The van der Waals surface area contributed by atoms with Crippen molar-refractivity contribution < 1.29 is 0 Å². The van der Waals surface area contributed by atoms with Crippen LogP contribution < -0.4 is 4.90 Å². The van der Waals surface area contributed by atoms with Gasteiger partial charge in [0.05, 0.1) is 5.69 Å². The van der Waals surface area contributed by atoms with Gasteiger partial charge in [-0.3, -0.25) is 0 Å². The maximum Gasteiger partial charge on any atom is 0.154 e. The van der Waals surface area contributed by atoms with Crippen molar-refractivity contribution >= 4 is 27.3 Å². The van der Waals surface area contributed by atoms with Crippen LogP contribution in [0.15, 0.2) is 18.5 Å². The standard InChI is InChI=1S/C12H17BrN4/c1-9(13)4-6-16(3)12-11-8-10(2)15-17(11)7-5-14-12/h5,7-9H,4,6H2,1-3H3. The van der Waals surface area contributed by atoms with Crippen molar-refractivity contribution in [2.24, 2.45) is 0 Å². The van der Waals surface area contributed by atoms with Crippen molar-refractivity contribution in [3.63, 3.8) is 0 Å². The van der Waals surface area contributed by atoms with Gasteiger partial charge in [0.2, 0.25) is 0 Å². The van der Waals surface area contributed by atoms with E-state index in [-0.39, 0.29) is 0 Å². The first-order valence-corrected chi connectivity index (χ1v) is 6.65. The van der Waals surface area contributed by atoms with Gasteiger partial charge in [0.15, 0.2) is 5.82 Å². The molecule has 0 amide bonds. The second kappa shape index (κ2) is 5.04. The number of nitrogens with zero attached hydrogens (tertiary/aromatic N) is 4. The van der Waals surface area contributed by atoms with Crippen LogP contribution >= 0.6 is 15.9 Å². The zero-order valence-corrected chi connectivity index (χ0v) is 12.0. The highest BCUT2D eigenvalue weighted by molar-refractivity contribution is 9.09. The highest BCUT2D eigenvalue weighted by atomic mass is 79.9. The smallest absolute Gasteiger partial charge is 0.154 e. The van der Waals surface area contributed by atoms with Crippen LogP contribution in [-0.2, 0) is 0 Å². The summed E-state index contributed by atoms with van der Waals surface area (Å²) in [6.07, 6.45) is 4.77. The molecule has 0 aliphatic heterocycles. The van der Waals surface area contributed by atoms with E-state index in [2.05, 4.69) is 51.0 Å². The fraction of sp³-hybridized carbons (Fsp3) is 0.500. The third kappa shape index (κ3) is 2.77. The number of aromatic nitrogens is 3. The molecular formula is C12H17BrN4. The quantitative estimate of drug-likeness (QED) is 0.814. The summed E-state index contributed by atoms with van der Waals surface area (Å²) in [6.45, 7) is 5.13. The first kappa shape index (κ1) is 12.4. The molecule has 92 valence electrons. The topological polar surface area (TPSA) is 33.4 Å². The van der Waals surface area contributed by atoms with E-state index in [1.165, 1.54) is 0 Å². The Balaban J connectivity index is 2.28. The number of hydrogen-bond acceptors (Lipinski definition) is 3. The Labute approximate surface area is 110 Å². The van der Waals surface area contributed by atoms with Crippen LogP contribution in [0.3, 0.4) is 0 Å². The molecule has 0 N–H and O–H groups in total. The van der Waals surface area contributed by atoms with E-state index in [4.69, 9.17) is 0 Å². The molecule has 0 saturated carbocycles. The van der Waals surface area contributed by atoms with Gasteiger partial charge in [-0.05, 0) is 19.4 Å². The van der Waals surface area contributed by atoms with Gasteiger partial charge < -0.3 is 4.90 Å². The van der Waals surface area contributed by atoms with Crippen LogP contribution in [0.1, 0.15) is 19.0 Å². The fourth-order valence-corrected chi connectivity index (χ4v) is 2.01. The van der Waals surface area contributed by atoms with E-state index in [1.807, 2.05) is 17.6 Å². The summed E-state index contributed by atoms with van der Waals surface area (Å²) in [5, 5.41) is 4.39. The summed E-state index contributed by atoms with van der Waals surface area (Å²) >= 11 is 3.56. The van der Waals surface area contributed by atoms with Crippen molar-refractivity contribution in [3.05, 3.63) is 24.2 Å². The predicted molar refractivity (Wildman–Crippen MR) is 74.0 cm³/mol. The molecule has 17 heavy (non-hydrogen) atoms. The average Bonchev–Trinajstić information content (AvgIpc) is 2.65. The first-order chi connectivity index (χ1) is 8.08. The van der Waals surface area contributed by atoms with E-state index < -0.39 is 0 Å². The van der Waals surface area contributed by atoms with E-state index in [9.17, 15) is 0 Å². The molecule has 0 bridgehead atoms. The lowest BCUT2D eigenvalue weighted by molar-refractivity contribution is 0.776. The molecule has 0 saturated heterocycles. The molecule has 0 radical (unpaired) electrons. The molecule has 1 unspecified atom stereocenters. The van der Waals surface area contributed by atoms with Gasteiger partial charge in [0.25, 0.3) is 0 Å². The normalized spacial score (nSPS) is 12.9. The minimum atomic E-state index is 0.524. The van der Waals surface area contributed by atoms with E-state index in [0.29, 0.717) is 4.83 Å². The molecule has 0 aliphatic carbocycles. The average molecular weight is 297 g/mol. The zero-order chi connectivity index (χ0) is 12.4. The maximum absolute atomic E-state index is 4.45. The van der Waals surface area contributed by atoms with E-state index in [0.717, 1.165) is 30.0 Å². The molecule has 2 aromatic rings. The van der Waals surface area contributed by atoms with Gasteiger partial charge in [0.1, 0.15) is 5.52 Å². The second-order valence-electron chi connectivity index (χ2n) is 4.36. The predicted octanol–water partition coefficient (Wildman–Crippen LogP) is 2.65. The van der Waals surface area contributed by atoms with Crippen molar-refractivity contribution in [2.45, 2.75) is 25.1 Å². The van der Waals surface area contributed by atoms with Gasteiger partial charge in [-0.15, -0.1) is 0 Å². The van der Waals surface area contributed by atoms with Crippen molar-refractivity contribution in [1.82, 2.24) is 14.6 Å². The molecule has 1 atom stereocenters. The number of halogens is 1. The Kier molecular flexibility index (Phi) is 3.66. The largest absolute Gasteiger partial charge is 0.358 e. The Hall–Kier alpha value is -1.10. The number of hydrogen-bond donors (Lipinski definition) is 0. The molecule has 5 heteroatoms. The number of rotatable bonds is 4. The maximum atomic E-state index is 4.45. The molecule has 0 aliphatic rings. The molecule has 2 aromatic heterocycles. The first-order valence-electron chi connectivity index (χ1n) is 5.74. The minimum absolute atomic E-state index is 0.524. The van der Waals surface area contributed by atoms with Crippen LogP contribution in [0.4, 0.5) is 5.82 Å². The number of aryl methyl sites for hydroxylation is 1. The van der Waals surface area contributed by atoms with E-state index in [1.54, 1.807) is 6.20 Å². The van der Waals surface area contributed by atoms with Gasteiger partial charge in [-0.2, -0.15) is 5.10 Å². The molecule has 2 heterocycles. The van der Waals surface area contributed by atoms with Crippen molar-refractivity contribution in [1.29, 1.82) is 0 Å². The summed E-state index contributed by atoms with van der Waals surface area (Å²) in [5.74, 6) is 0.987. The fourth-order valence-electron chi connectivity index (χ4n) is 1.80. The summed E-state index contributed by atoms with van der Waals surface area (Å²) in [4.78, 5) is 7.15. The monoisotopic (exact) mass is 296 g/mol. The summed E-state index contributed by atoms with van der Waals surface area (Å²) in [7, 11) is 2.07.